The highest BCUT2D eigenvalue weighted by molar-refractivity contribution is 7.19. The maximum Gasteiger partial charge on any atom is 0.329 e. The fourth-order valence-electron chi connectivity index (χ4n) is 4.65. The van der Waals surface area contributed by atoms with Gasteiger partial charge in [-0.05, 0) is 43.9 Å². The minimum atomic E-state index is -1.00. The van der Waals surface area contributed by atoms with Gasteiger partial charge in [-0.25, -0.2) is 14.3 Å². The van der Waals surface area contributed by atoms with Crippen molar-refractivity contribution in [1.82, 2.24) is 19.9 Å². The second kappa shape index (κ2) is 9.94. The summed E-state index contributed by atoms with van der Waals surface area (Å²) in [7, 11) is 0. The zero-order valence-electron chi connectivity index (χ0n) is 19.0. The average Bonchev–Trinajstić information content (AvgIpc) is 3.58. The first-order valence-electron chi connectivity index (χ1n) is 11.9. The van der Waals surface area contributed by atoms with E-state index >= 15 is 0 Å². The number of benzene rings is 1. The van der Waals surface area contributed by atoms with E-state index in [1.165, 1.54) is 29.7 Å². The van der Waals surface area contributed by atoms with Crippen molar-refractivity contribution in [2.75, 3.05) is 11.9 Å². The van der Waals surface area contributed by atoms with Gasteiger partial charge in [0.25, 0.3) is 11.5 Å². The molecule has 0 spiro atoms. The lowest BCUT2D eigenvalue weighted by molar-refractivity contribution is -0.126. The number of thiazole rings is 1. The van der Waals surface area contributed by atoms with E-state index in [0.29, 0.717) is 15.0 Å². The van der Waals surface area contributed by atoms with Crippen molar-refractivity contribution in [3.63, 3.8) is 0 Å². The number of hydrogen-bond donors (Lipinski definition) is 3. The maximum absolute atomic E-state index is 13.6. The molecule has 2 aliphatic rings. The van der Waals surface area contributed by atoms with Crippen LogP contribution in [-0.2, 0) is 4.79 Å². The van der Waals surface area contributed by atoms with Gasteiger partial charge in [0.2, 0.25) is 0 Å². The topological polar surface area (TPSA) is 126 Å². The Bertz CT molecular complexity index is 1390. The third-order valence-corrected chi connectivity index (χ3v) is 7.75. The van der Waals surface area contributed by atoms with Crippen LogP contribution in [0.15, 0.2) is 34.0 Å². The number of aromatic nitrogens is 3. The molecule has 1 atom stereocenters. The van der Waals surface area contributed by atoms with Gasteiger partial charge in [-0.2, -0.15) is 0 Å². The number of Topliss-reactive ketones (excluding diaryl/α,β-unsaturated/α-hetero) is 1. The molecule has 1 amide bonds. The highest BCUT2D eigenvalue weighted by Crippen LogP contribution is 2.29. The predicted octanol–water partition coefficient (Wildman–Crippen LogP) is 3.49. The zero-order chi connectivity index (χ0) is 24.5. The van der Waals surface area contributed by atoms with Gasteiger partial charge in [0, 0.05) is 24.1 Å². The van der Waals surface area contributed by atoms with Crippen LogP contribution in [0.5, 0.6) is 0 Å². The minimum absolute atomic E-state index is 0.0372. The number of aromatic amines is 1. The number of fused-ring (bicyclic) bond motifs is 1. The van der Waals surface area contributed by atoms with Crippen molar-refractivity contribution >= 4 is 50.7 Å². The lowest BCUT2D eigenvalue weighted by Gasteiger charge is -2.26. The molecule has 0 aliphatic heterocycles. The molecule has 11 heteroatoms. The van der Waals surface area contributed by atoms with E-state index in [1.807, 2.05) is 0 Å². The molecule has 0 radical (unpaired) electrons. The summed E-state index contributed by atoms with van der Waals surface area (Å²) in [6, 6.07) is 3.80. The van der Waals surface area contributed by atoms with Gasteiger partial charge in [-0.15, -0.1) is 0 Å². The van der Waals surface area contributed by atoms with Crippen LogP contribution in [0.25, 0.3) is 10.9 Å². The second-order valence-electron chi connectivity index (χ2n) is 9.22. The third-order valence-electron chi connectivity index (χ3n) is 6.68. The SMILES string of the molecule is O=C(NC1CC1)c1ccc2c(=O)n(C(CNc3ncc(Cl)s3)C(=O)C3CCCCC3)c(=O)[nH]c2c1. The number of anilines is 1. The van der Waals surface area contributed by atoms with E-state index in [-0.39, 0.29) is 41.1 Å². The van der Waals surface area contributed by atoms with E-state index in [0.717, 1.165) is 49.5 Å². The number of halogens is 1. The molecule has 0 saturated heterocycles. The summed E-state index contributed by atoms with van der Waals surface area (Å²) >= 11 is 7.19. The molecule has 2 saturated carbocycles. The fourth-order valence-corrected chi connectivity index (χ4v) is 5.47. The van der Waals surface area contributed by atoms with Crippen LogP contribution in [0, 0.1) is 5.92 Å². The molecular weight excluding hydrogens is 490 g/mol. The summed E-state index contributed by atoms with van der Waals surface area (Å²) in [4.78, 5) is 59.5. The van der Waals surface area contributed by atoms with Gasteiger partial charge in [0.1, 0.15) is 10.4 Å². The molecule has 3 N–H and O–H groups in total. The summed E-state index contributed by atoms with van der Waals surface area (Å²) < 4.78 is 1.50. The average molecular weight is 516 g/mol. The van der Waals surface area contributed by atoms with Gasteiger partial charge in [-0.1, -0.05) is 42.2 Å². The summed E-state index contributed by atoms with van der Waals surface area (Å²) in [6.45, 7) is 0.0372. The zero-order valence-corrected chi connectivity index (χ0v) is 20.6. The van der Waals surface area contributed by atoms with Crippen molar-refractivity contribution in [3.8, 4) is 0 Å². The lowest BCUT2D eigenvalue weighted by Crippen LogP contribution is -2.45. The first-order chi connectivity index (χ1) is 16.9. The molecule has 5 rings (SSSR count). The molecule has 184 valence electrons. The highest BCUT2D eigenvalue weighted by atomic mass is 35.5. The number of H-pyrrole nitrogens is 1. The molecule has 2 heterocycles. The first-order valence-corrected chi connectivity index (χ1v) is 13.1. The predicted molar refractivity (Wildman–Crippen MR) is 136 cm³/mol. The van der Waals surface area contributed by atoms with Crippen LogP contribution in [0.3, 0.4) is 0 Å². The van der Waals surface area contributed by atoms with Crippen molar-refractivity contribution < 1.29 is 9.59 Å². The molecule has 9 nitrogen and oxygen atoms in total. The van der Waals surface area contributed by atoms with Gasteiger partial charge >= 0.3 is 5.69 Å². The Morgan fingerprint density at radius 1 is 1.17 bits per heavy atom. The van der Waals surface area contributed by atoms with Crippen molar-refractivity contribution in [2.24, 2.45) is 5.92 Å². The van der Waals surface area contributed by atoms with Crippen LogP contribution >= 0.6 is 22.9 Å². The summed E-state index contributed by atoms with van der Waals surface area (Å²) in [5, 5.41) is 6.72. The Morgan fingerprint density at radius 3 is 2.63 bits per heavy atom. The maximum atomic E-state index is 13.6. The number of carbonyl (C=O) groups is 2. The molecule has 3 aromatic rings. The van der Waals surface area contributed by atoms with E-state index < -0.39 is 17.3 Å². The Balaban J connectivity index is 1.51. The van der Waals surface area contributed by atoms with Crippen LogP contribution < -0.4 is 21.9 Å². The normalized spacial score (nSPS) is 17.3. The van der Waals surface area contributed by atoms with Gasteiger partial charge < -0.3 is 15.6 Å². The largest absolute Gasteiger partial charge is 0.359 e. The Morgan fingerprint density at radius 2 is 1.94 bits per heavy atom. The molecule has 1 unspecified atom stereocenters. The number of nitrogens with zero attached hydrogens (tertiary/aromatic N) is 2. The minimum Gasteiger partial charge on any atom is -0.359 e. The Labute approximate surface area is 209 Å². The summed E-state index contributed by atoms with van der Waals surface area (Å²) in [5.41, 5.74) is -0.612. The van der Waals surface area contributed by atoms with Crippen LogP contribution in [-0.4, -0.2) is 38.8 Å². The fraction of sp³-hybridized carbons (Fsp3) is 0.458. The highest BCUT2D eigenvalue weighted by Gasteiger charge is 2.32. The number of nitrogens with one attached hydrogen (secondary N) is 3. The molecule has 0 bridgehead atoms. The summed E-state index contributed by atoms with van der Waals surface area (Å²) in [6.07, 6.45) is 7.89. The molecule has 2 aromatic heterocycles. The molecule has 1 aromatic carbocycles. The van der Waals surface area contributed by atoms with Crippen molar-refractivity contribution in [2.45, 2.75) is 57.0 Å². The standard InChI is InChI=1S/C24H26ClN5O4S/c25-19-12-27-23(35-19)26-11-18(20(31)13-4-2-1-3-5-13)30-22(33)16-9-6-14(10-17(16)29-24(30)34)21(32)28-15-7-8-15/h6,9-10,12-13,15,18H,1-5,7-8,11H2,(H,26,27)(H,28,32)(H,29,34). The number of hydrogen-bond acceptors (Lipinski definition) is 7. The first kappa shape index (κ1) is 23.7. The number of rotatable bonds is 8. The molecule has 2 aliphatic carbocycles. The van der Waals surface area contributed by atoms with E-state index in [2.05, 4.69) is 20.6 Å². The second-order valence-corrected chi connectivity index (χ2v) is 10.9. The number of amides is 1. The molecule has 35 heavy (non-hydrogen) atoms. The van der Waals surface area contributed by atoms with E-state index in [1.54, 1.807) is 6.07 Å². The smallest absolute Gasteiger partial charge is 0.329 e. The van der Waals surface area contributed by atoms with Crippen LogP contribution in [0.4, 0.5) is 5.13 Å². The van der Waals surface area contributed by atoms with E-state index in [4.69, 9.17) is 11.6 Å². The van der Waals surface area contributed by atoms with E-state index in [9.17, 15) is 19.2 Å². The number of carbonyl (C=O) groups excluding carboxylic acids is 2. The number of ketones is 1. The van der Waals surface area contributed by atoms with Gasteiger partial charge in [-0.3, -0.25) is 14.4 Å². The Kier molecular flexibility index (Phi) is 6.75. The van der Waals surface area contributed by atoms with Crippen molar-refractivity contribution in [1.29, 1.82) is 0 Å². The van der Waals surface area contributed by atoms with Gasteiger partial charge in [0.15, 0.2) is 10.9 Å². The van der Waals surface area contributed by atoms with Gasteiger partial charge in [0.05, 0.1) is 17.1 Å². The quantitative estimate of drug-likeness (QED) is 0.421. The lowest BCUT2D eigenvalue weighted by atomic mass is 9.83. The van der Waals surface area contributed by atoms with Crippen LogP contribution in [0.2, 0.25) is 4.34 Å². The third kappa shape index (κ3) is 5.18. The molecular formula is C24H26ClN5O4S. The Hall–Kier alpha value is -2.98. The summed E-state index contributed by atoms with van der Waals surface area (Å²) in [5.74, 6) is -0.575. The molecule has 2 fully saturated rings. The monoisotopic (exact) mass is 515 g/mol. The van der Waals surface area contributed by atoms with Crippen LogP contribution in [0.1, 0.15) is 61.3 Å². The van der Waals surface area contributed by atoms with Crippen molar-refractivity contribution in [3.05, 3.63) is 55.1 Å².